The number of anilines is 1. The third-order valence-corrected chi connectivity index (χ3v) is 5.79. The second kappa shape index (κ2) is 6.13. The highest BCUT2D eigenvalue weighted by molar-refractivity contribution is 7.93. The van der Waals surface area contributed by atoms with Gasteiger partial charge in [0.1, 0.15) is 10.7 Å². The molecule has 1 aromatic carbocycles. The Labute approximate surface area is 128 Å². The Morgan fingerprint density at radius 1 is 1.29 bits per heavy atom. The zero-order chi connectivity index (χ0) is 15.6. The molecule has 0 spiro atoms. The fourth-order valence-corrected chi connectivity index (χ4v) is 4.92. The van der Waals surface area contributed by atoms with Crippen molar-refractivity contribution in [3.05, 3.63) is 45.4 Å². The van der Waals surface area contributed by atoms with Gasteiger partial charge in [0.2, 0.25) is 0 Å². The van der Waals surface area contributed by atoms with E-state index in [1.54, 1.807) is 32.3 Å². The molecular formula is C14H17FN2O2S2. The largest absolute Gasteiger partial charge is 0.315 e. The monoisotopic (exact) mass is 328 g/mol. The van der Waals surface area contributed by atoms with Crippen LogP contribution in [0, 0.1) is 19.7 Å². The van der Waals surface area contributed by atoms with Crippen molar-refractivity contribution in [3.8, 4) is 0 Å². The normalized spacial score (nSPS) is 11.6. The summed E-state index contributed by atoms with van der Waals surface area (Å²) in [6.07, 6.45) is 0. The van der Waals surface area contributed by atoms with E-state index in [1.165, 1.54) is 23.5 Å². The maximum Gasteiger partial charge on any atom is 0.263 e. The summed E-state index contributed by atoms with van der Waals surface area (Å²) in [4.78, 5) is 0.928. The van der Waals surface area contributed by atoms with E-state index in [1.807, 2.05) is 0 Å². The molecule has 0 atom stereocenters. The highest BCUT2D eigenvalue weighted by Crippen LogP contribution is 2.29. The van der Waals surface area contributed by atoms with E-state index in [9.17, 15) is 12.8 Å². The van der Waals surface area contributed by atoms with Gasteiger partial charge in [0.15, 0.2) is 0 Å². The van der Waals surface area contributed by atoms with Crippen LogP contribution in [-0.2, 0) is 16.6 Å². The van der Waals surface area contributed by atoms with Gasteiger partial charge in [0, 0.05) is 11.4 Å². The van der Waals surface area contributed by atoms with Gasteiger partial charge in [0.25, 0.3) is 10.0 Å². The lowest BCUT2D eigenvalue weighted by molar-refractivity contribution is 0.597. The lowest BCUT2D eigenvalue weighted by atomic mass is 10.2. The molecule has 1 heterocycles. The lowest BCUT2D eigenvalue weighted by Gasteiger charge is -2.11. The number of halogens is 1. The van der Waals surface area contributed by atoms with Crippen LogP contribution < -0.4 is 10.0 Å². The summed E-state index contributed by atoms with van der Waals surface area (Å²) in [6, 6.07) is 4.39. The molecule has 2 aromatic rings. The van der Waals surface area contributed by atoms with Gasteiger partial charge in [-0.2, -0.15) is 0 Å². The number of hydrogen-bond donors (Lipinski definition) is 2. The quantitative estimate of drug-likeness (QED) is 0.887. The summed E-state index contributed by atoms with van der Waals surface area (Å²) in [6.45, 7) is 3.93. The predicted molar refractivity (Wildman–Crippen MR) is 83.8 cm³/mol. The van der Waals surface area contributed by atoms with E-state index in [0.29, 0.717) is 17.0 Å². The van der Waals surface area contributed by atoms with E-state index >= 15 is 0 Å². The Balaban J connectivity index is 2.41. The highest BCUT2D eigenvalue weighted by atomic mass is 32.2. The number of thiophene rings is 1. The average Bonchev–Trinajstić information content (AvgIpc) is 2.75. The van der Waals surface area contributed by atoms with Crippen LogP contribution in [0.1, 0.15) is 16.0 Å². The molecule has 0 saturated heterocycles. The molecule has 0 aliphatic rings. The van der Waals surface area contributed by atoms with E-state index < -0.39 is 15.8 Å². The first kappa shape index (κ1) is 15.9. The molecular weight excluding hydrogens is 311 g/mol. The smallest absolute Gasteiger partial charge is 0.263 e. The number of rotatable bonds is 5. The summed E-state index contributed by atoms with van der Waals surface area (Å²) in [5.41, 5.74) is 1.35. The average molecular weight is 328 g/mol. The van der Waals surface area contributed by atoms with Crippen LogP contribution in [0.25, 0.3) is 0 Å². The van der Waals surface area contributed by atoms with Crippen LogP contribution in [0.4, 0.5) is 10.1 Å². The molecule has 21 heavy (non-hydrogen) atoms. The van der Waals surface area contributed by atoms with Crippen LogP contribution in [0.5, 0.6) is 0 Å². The highest BCUT2D eigenvalue weighted by Gasteiger charge is 2.23. The van der Waals surface area contributed by atoms with E-state index in [-0.39, 0.29) is 10.6 Å². The van der Waals surface area contributed by atoms with Crippen LogP contribution in [0.3, 0.4) is 0 Å². The standard InChI is InChI=1S/C14H17FN2O2S2/c1-9-4-5-12(11(15)6-9)17-21(18,19)14-10(2)8-20-13(14)7-16-3/h4-6,8,16-17H,7H2,1-3H3. The van der Waals surface area contributed by atoms with E-state index in [4.69, 9.17) is 0 Å². The molecule has 114 valence electrons. The number of benzene rings is 1. The number of aryl methyl sites for hydroxylation is 2. The SMILES string of the molecule is CNCc1scc(C)c1S(=O)(=O)Nc1ccc(C)cc1F. The van der Waals surface area contributed by atoms with Gasteiger partial charge < -0.3 is 5.32 Å². The van der Waals surface area contributed by atoms with Gasteiger partial charge in [0.05, 0.1) is 5.69 Å². The first-order valence-corrected chi connectivity index (χ1v) is 8.72. The Hall–Kier alpha value is -1.44. The fourth-order valence-electron chi connectivity index (χ4n) is 2.03. The minimum atomic E-state index is -3.81. The van der Waals surface area contributed by atoms with Gasteiger partial charge in [-0.15, -0.1) is 11.3 Å². The Morgan fingerprint density at radius 3 is 2.62 bits per heavy atom. The van der Waals surface area contributed by atoms with Crippen molar-refractivity contribution < 1.29 is 12.8 Å². The van der Waals surface area contributed by atoms with Crippen molar-refractivity contribution in [2.24, 2.45) is 0 Å². The summed E-state index contributed by atoms with van der Waals surface area (Å²) < 4.78 is 41.2. The first-order chi connectivity index (χ1) is 9.85. The maximum absolute atomic E-state index is 13.8. The minimum Gasteiger partial charge on any atom is -0.315 e. The van der Waals surface area contributed by atoms with Crippen LogP contribution >= 0.6 is 11.3 Å². The van der Waals surface area contributed by atoms with E-state index in [2.05, 4.69) is 10.0 Å². The van der Waals surface area contributed by atoms with Crippen molar-refractivity contribution in [1.29, 1.82) is 0 Å². The van der Waals surface area contributed by atoms with Crippen molar-refractivity contribution in [1.82, 2.24) is 5.32 Å². The number of sulfonamides is 1. The molecule has 4 nitrogen and oxygen atoms in total. The molecule has 0 saturated carbocycles. The maximum atomic E-state index is 13.8. The molecule has 7 heteroatoms. The van der Waals surface area contributed by atoms with Crippen molar-refractivity contribution in [2.45, 2.75) is 25.3 Å². The first-order valence-electron chi connectivity index (χ1n) is 6.35. The van der Waals surface area contributed by atoms with Crippen LogP contribution in [0.15, 0.2) is 28.5 Å². The number of hydrogen-bond acceptors (Lipinski definition) is 4. The Bertz CT molecular complexity index is 754. The fraction of sp³-hybridized carbons (Fsp3) is 0.286. The van der Waals surface area contributed by atoms with Gasteiger partial charge in [-0.3, -0.25) is 4.72 Å². The third kappa shape index (κ3) is 3.42. The summed E-state index contributed by atoms with van der Waals surface area (Å²) in [7, 11) is -2.06. The van der Waals surface area contributed by atoms with Crippen LogP contribution in [-0.4, -0.2) is 15.5 Å². The Morgan fingerprint density at radius 2 is 2.00 bits per heavy atom. The zero-order valence-corrected chi connectivity index (χ0v) is 13.7. The summed E-state index contributed by atoms with van der Waals surface area (Å²) >= 11 is 1.37. The van der Waals surface area contributed by atoms with Crippen molar-refractivity contribution >= 4 is 27.0 Å². The molecule has 2 rings (SSSR count). The molecule has 0 bridgehead atoms. The molecule has 0 aliphatic heterocycles. The molecule has 2 N–H and O–H groups in total. The number of nitrogens with one attached hydrogen (secondary N) is 2. The third-order valence-electron chi connectivity index (χ3n) is 2.96. The molecule has 0 amide bonds. The molecule has 1 aromatic heterocycles. The van der Waals surface area contributed by atoms with Crippen LogP contribution in [0.2, 0.25) is 0 Å². The predicted octanol–water partition coefficient (Wildman–Crippen LogP) is 3.02. The Kier molecular flexibility index (Phi) is 4.65. The summed E-state index contributed by atoms with van der Waals surface area (Å²) in [5, 5.41) is 4.72. The molecule has 0 aliphatic carbocycles. The van der Waals surface area contributed by atoms with Crippen molar-refractivity contribution in [2.75, 3.05) is 11.8 Å². The topological polar surface area (TPSA) is 58.2 Å². The second-order valence-corrected chi connectivity index (χ2v) is 7.37. The molecule has 0 unspecified atom stereocenters. The molecule has 0 fully saturated rings. The zero-order valence-electron chi connectivity index (χ0n) is 12.0. The van der Waals surface area contributed by atoms with Gasteiger partial charge in [-0.1, -0.05) is 6.07 Å². The second-order valence-electron chi connectivity index (χ2n) is 4.79. The van der Waals surface area contributed by atoms with Crippen molar-refractivity contribution in [3.63, 3.8) is 0 Å². The van der Waals surface area contributed by atoms with Gasteiger partial charge in [-0.05, 0) is 49.5 Å². The lowest BCUT2D eigenvalue weighted by Crippen LogP contribution is -2.17. The van der Waals surface area contributed by atoms with Gasteiger partial charge >= 0.3 is 0 Å². The minimum absolute atomic E-state index is 0.0402. The molecule has 0 radical (unpaired) electrons. The summed E-state index contributed by atoms with van der Waals surface area (Å²) in [5.74, 6) is -0.582. The van der Waals surface area contributed by atoms with Gasteiger partial charge in [-0.25, -0.2) is 12.8 Å². The van der Waals surface area contributed by atoms with E-state index in [0.717, 1.165) is 5.56 Å².